The molecule has 0 spiro atoms. The molecule has 1 aromatic heterocycles. The number of rotatable bonds is 6. The maximum atomic E-state index is 12.2. The van der Waals surface area contributed by atoms with Gasteiger partial charge in [0.1, 0.15) is 5.69 Å². The average Bonchev–Trinajstić information content (AvgIpc) is 2.55. The Labute approximate surface area is 142 Å². The lowest BCUT2D eigenvalue weighted by atomic mass is 10.2. The highest BCUT2D eigenvalue weighted by molar-refractivity contribution is 9.10. The van der Waals surface area contributed by atoms with Crippen molar-refractivity contribution in [2.24, 2.45) is 0 Å². The number of pyridine rings is 1. The lowest BCUT2D eigenvalue weighted by molar-refractivity contribution is 0.0937. The number of aromatic nitrogens is 1. The van der Waals surface area contributed by atoms with Crippen LogP contribution in [0, 0.1) is 0 Å². The summed E-state index contributed by atoms with van der Waals surface area (Å²) in [5.41, 5.74) is 1.18. The first kappa shape index (κ1) is 17.1. The van der Waals surface area contributed by atoms with Crippen LogP contribution in [-0.2, 0) is 4.74 Å². The lowest BCUT2D eigenvalue weighted by Crippen LogP contribution is -2.27. The fourth-order valence-corrected chi connectivity index (χ4v) is 2.23. The second kappa shape index (κ2) is 8.40. The van der Waals surface area contributed by atoms with Crippen molar-refractivity contribution in [2.45, 2.75) is 0 Å². The Morgan fingerprint density at radius 2 is 2.04 bits per heavy atom. The van der Waals surface area contributed by atoms with Crippen LogP contribution < -0.4 is 10.6 Å². The van der Waals surface area contributed by atoms with Crippen molar-refractivity contribution in [1.82, 2.24) is 10.3 Å². The van der Waals surface area contributed by atoms with E-state index in [2.05, 4.69) is 31.5 Å². The summed E-state index contributed by atoms with van der Waals surface area (Å²) in [4.78, 5) is 28.2. The third kappa shape index (κ3) is 5.15. The zero-order valence-corrected chi connectivity index (χ0v) is 14.1. The molecule has 0 bridgehead atoms. The standard InChI is InChI=1S/C16H16BrN3O3/c1-23-8-7-19-15(21)11-5-6-18-14(9-11)16(22)20-13-4-2-3-12(17)10-13/h2-6,9-10H,7-8H2,1H3,(H,19,21)(H,20,22). The average molecular weight is 378 g/mol. The molecule has 0 fully saturated rings. The Bertz CT molecular complexity index is 706. The maximum absolute atomic E-state index is 12.2. The van der Waals surface area contributed by atoms with E-state index in [1.165, 1.54) is 12.3 Å². The topological polar surface area (TPSA) is 80.3 Å². The Balaban J connectivity index is 2.06. The number of amides is 2. The summed E-state index contributed by atoms with van der Waals surface area (Å²) in [6, 6.07) is 10.2. The zero-order chi connectivity index (χ0) is 16.7. The molecule has 0 atom stereocenters. The van der Waals surface area contributed by atoms with Crippen molar-refractivity contribution >= 4 is 33.4 Å². The molecule has 0 aliphatic rings. The number of carbonyl (C=O) groups is 2. The molecule has 120 valence electrons. The Morgan fingerprint density at radius 3 is 2.78 bits per heavy atom. The minimum absolute atomic E-state index is 0.171. The molecule has 0 saturated heterocycles. The molecule has 2 N–H and O–H groups in total. The van der Waals surface area contributed by atoms with Gasteiger partial charge in [-0.05, 0) is 30.3 Å². The fourth-order valence-electron chi connectivity index (χ4n) is 1.83. The van der Waals surface area contributed by atoms with Gasteiger partial charge in [0, 0.05) is 35.6 Å². The normalized spacial score (nSPS) is 10.2. The molecule has 7 heteroatoms. The Morgan fingerprint density at radius 1 is 1.22 bits per heavy atom. The monoisotopic (exact) mass is 377 g/mol. The van der Waals surface area contributed by atoms with E-state index >= 15 is 0 Å². The first-order valence-electron chi connectivity index (χ1n) is 6.90. The zero-order valence-electron chi connectivity index (χ0n) is 12.5. The number of ether oxygens (including phenoxy) is 1. The van der Waals surface area contributed by atoms with Crippen LogP contribution in [0.1, 0.15) is 20.8 Å². The van der Waals surface area contributed by atoms with Crippen LogP contribution in [0.2, 0.25) is 0 Å². The van der Waals surface area contributed by atoms with Crippen LogP contribution in [0.5, 0.6) is 0 Å². The van der Waals surface area contributed by atoms with Gasteiger partial charge in [0.2, 0.25) is 0 Å². The SMILES string of the molecule is COCCNC(=O)c1ccnc(C(=O)Nc2cccc(Br)c2)c1. The Hall–Kier alpha value is -2.25. The van der Waals surface area contributed by atoms with Crippen molar-refractivity contribution in [3.8, 4) is 0 Å². The van der Waals surface area contributed by atoms with Crippen molar-refractivity contribution in [1.29, 1.82) is 0 Å². The van der Waals surface area contributed by atoms with E-state index < -0.39 is 0 Å². The predicted molar refractivity (Wildman–Crippen MR) is 90.5 cm³/mol. The number of benzene rings is 1. The number of nitrogens with zero attached hydrogens (tertiary/aromatic N) is 1. The van der Waals surface area contributed by atoms with E-state index in [1.54, 1.807) is 25.3 Å². The summed E-state index contributed by atoms with van der Waals surface area (Å²) < 4.78 is 5.73. The van der Waals surface area contributed by atoms with Gasteiger partial charge in [-0.2, -0.15) is 0 Å². The van der Waals surface area contributed by atoms with Gasteiger partial charge in [0.05, 0.1) is 6.61 Å². The minimum Gasteiger partial charge on any atom is -0.383 e. The smallest absolute Gasteiger partial charge is 0.274 e. The molecule has 0 saturated carbocycles. The van der Waals surface area contributed by atoms with Gasteiger partial charge in [0.25, 0.3) is 11.8 Å². The van der Waals surface area contributed by atoms with E-state index in [-0.39, 0.29) is 17.5 Å². The van der Waals surface area contributed by atoms with Crippen LogP contribution in [0.25, 0.3) is 0 Å². The molecule has 6 nitrogen and oxygen atoms in total. The molecule has 2 rings (SSSR count). The molecule has 0 radical (unpaired) electrons. The molecule has 2 aromatic rings. The highest BCUT2D eigenvalue weighted by Crippen LogP contribution is 2.16. The second-order valence-corrected chi connectivity index (χ2v) is 5.56. The molecule has 23 heavy (non-hydrogen) atoms. The third-order valence-electron chi connectivity index (χ3n) is 2.93. The molecule has 1 aromatic carbocycles. The van der Waals surface area contributed by atoms with Gasteiger partial charge in [-0.25, -0.2) is 0 Å². The quantitative estimate of drug-likeness (QED) is 0.757. The predicted octanol–water partition coefficient (Wildman–Crippen LogP) is 2.47. The fraction of sp³-hybridized carbons (Fsp3) is 0.188. The van der Waals surface area contributed by atoms with Crippen molar-refractivity contribution in [2.75, 3.05) is 25.6 Å². The molecule has 1 heterocycles. The number of hydrogen-bond acceptors (Lipinski definition) is 4. The summed E-state index contributed by atoms with van der Waals surface area (Å²) in [6.45, 7) is 0.824. The summed E-state index contributed by atoms with van der Waals surface area (Å²) in [5.74, 6) is -0.657. The number of hydrogen-bond donors (Lipinski definition) is 2. The first-order chi connectivity index (χ1) is 11.1. The molecule has 0 aliphatic carbocycles. The highest BCUT2D eigenvalue weighted by Gasteiger charge is 2.12. The van der Waals surface area contributed by atoms with Crippen LogP contribution in [0.3, 0.4) is 0 Å². The number of anilines is 1. The van der Waals surface area contributed by atoms with E-state index in [9.17, 15) is 9.59 Å². The molecular formula is C16H16BrN3O3. The number of methoxy groups -OCH3 is 1. The summed E-state index contributed by atoms with van der Waals surface area (Å²) in [6.07, 6.45) is 1.43. The van der Waals surface area contributed by atoms with Crippen LogP contribution >= 0.6 is 15.9 Å². The van der Waals surface area contributed by atoms with Gasteiger partial charge >= 0.3 is 0 Å². The first-order valence-corrected chi connectivity index (χ1v) is 7.69. The number of halogens is 1. The summed E-state index contributed by atoms with van der Waals surface area (Å²) in [7, 11) is 1.56. The molecule has 0 aliphatic heterocycles. The summed E-state index contributed by atoms with van der Waals surface area (Å²) >= 11 is 3.34. The van der Waals surface area contributed by atoms with Gasteiger partial charge in [-0.3, -0.25) is 14.6 Å². The van der Waals surface area contributed by atoms with Crippen molar-refractivity contribution in [3.05, 3.63) is 58.3 Å². The van der Waals surface area contributed by atoms with Gasteiger partial charge in [-0.15, -0.1) is 0 Å². The molecule has 0 unspecified atom stereocenters. The van der Waals surface area contributed by atoms with Crippen LogP contribution in [0.4, 0.5) is 5.69 Å². The summed E-state index contributed by atoms with van der Waals surface area (Å²) in [5, 5.41) is 5.43. The van der Waals surface area contributed by atoms with E-state index in [4.69, 9.17) is 4.74 Å². The highest BCUT2D eigenvalue weighted by atomic mass is 79.9. The lowest BCUT2D eigenvalue weighted by Gasteiger charge is -2.07. The van der Waals surface area contributed by atoms with E-state index in [1.807, 2.05) is 12.1 Å². The largest absolute Gasteiger partial charge is 0.383 e. The molecule has 2 amide bonds. The van der Waals surface area contributed by atoms with E-state index in [0.29, 0.717) is 24.4 Å². The Kier molecular flexibility index (Phi) is 6.25. The van der Waals surface area contributed by atoms with Crippen molar-refractivity contribution < 1.29 is 14.3 Å². The number of carbonyl (C=O) groups excluding carboxylic acids is 2. The van der Waals surface area contributed by atoms with Gasteiger partial charge in [0.15, 0.2) is 0 Å². The molecular weight excluding hydrogens is 362 g/mol. The van der Waals surface area contributed by atoms with E-state index in [0.717, 1.165) is 4.47 Å². The van der Waals surface area contributed by atoms with Crippen LogP contribution in [0.15, 0.2) is 47.1 Å². The maximum Gasteiger partial charge on any atom is 0.274 e. The van der Waals surface area contributed by atoms with Crippen molar-refractivity contribution in [3.63, 3.8) is 0 Å². The number of nitrogens with one attached hydrogen (secondary N) is 2. The third-order valence-corrected chi connectivity index (χ3v) is 3.42. The van der Waals surface area contributed by atoms with Gasteiger partial charge < -0.3 is 15.4 Å². The minimum atomic E-state index is -0.380. The van der Waals surface area contributed by atoms with Crippen LogP contribution in [-0.4, -0.2) is 37.1 Å². The van der Waals surface area contributed by atoms with Gasteiger partial charge in [-0.1, -0.05) is 22.0 Å². The second-order valence-electron chi connectivity index (χ2n) is 4.64.